The maximum Gasteiger partial charge on any atom is 0.227 e. The lowest BCUT2D eigenvalue weighted by Crippen LogP contribution is -2.06. The Morgan fingerprint density at radius 2 is 2.32 bits per heavy atom. The molecule has 100 valence electrons. The zero-order valence-electron chi connectivity index (χ0n) is 11.2. The maximum atomic E-state index is 5.67. The van der Waals surface area contributed by atoms with E-state index in [1.807, 2.05) is 0 Å². The van der Waals surface area contributed by atoms with E-state index in [0.29, 0.717) is 24.9 Å². The van der Waals surface area contributed by atoms with Crippen LogP contribution in [0.5, 0.6) is 5.88 Å². The molecule has 0 bridgehead atoms. The van der Waals surface area contributed by atoms with Crippen molar-refractivity contribution in [2.45, 2.75) is 26.7 Å². The van der Waals surface area contributed by atoms with Crippen LogP contribution in [0.4, 0.5) is 5.95 Å². The van der Waals surface area contributed by atoms with E-state index in [1.165, 1.54) is 4.88 Å². The van der Waals surface area contributed by atoms with E-state index < -0.39 is 0 Å². The first-order valence-corrected chi connectivity index (χ1v) is 7.14. The molecule has 1 N–H and O–H groups in total. The lowest BCUT2D eigenvalue weighted by atomic mass is 10.3. The van der Waals surface area contributed by atoms with Gasteiger partial charge in [0.25, 0.3) is 0 Å². The molecule has 0 aliphatic heterocycles. The molecule has 0 unspecified atom stereocenters. The minimum Gasteiger partial charge on any atom is -0.476 e. The summed E-state index contributed by atoms with van der Waals surface area (Å²) in [5.74, 6) is 3.79. The maximum absolute atomic E-state index is 5.67. The van der Waals surface area contributed by atoms with Crippen LogP contribution in [0.25, 0.3) is 10.2 Å². The summed E-state index contributed by atoms with van der Waals surface area (Å²) < 4.78 is 5.67. The average molecular weight is 275 g/mol. The van der Waals surface area contributed by atoms with Crippen LogP contribution in [0.15, 0.2) is 6.07 Å². The smallest absolute Gasteiger partial charge is 0.227 e. The minimum atomic E-state index is 0.477. The zero-order chi connectivity index (χ0) is 13.7. The second-order valence-corrected chi connectivity index (χ2v) is 5.39. The first-order chi connectivity index (χ1) is 9.24. The van der Waals surface area contributed by atoms with Crippen molar-refractivity contribution in [1.29, 1.82) is 0 Å². The summed E-state index contributed by atoms with van der Waals surface area (Å²) in [6.45, 7) is 5.48. The first kappa shape index (κ1) is 13.6. The Bertz CT molecular complexity index is 600. The van der Waals surface area contributed by atoms with Gasteiger partial charge in [-0.2, -0.15) is 4.98 Å². The molecule has 0 radical (unpaired) electrons. The van der Waals surface area contributed by atoms with E-state index in [2.05, 4.69) is 41.1 Å². The number of nitrogens with one attached hydrogen (secondary N) is 1. The molecule has 2 rings (SSSR count). The van der Waals surface area contributed by atoms with Crippen LogP contribution in [0.2, 0.25) is 0 Å². The van der Waals surface area contributed by atoms with Gasteiger partial charge in [-0.1, -0.05) is 6.92 Å². The van der Waals surface area contributed by atoms with Crippen molar-refractivity contribution in [2.75, 3.05) is 18.5 Å². The number of hydrogen-bond acceptors (Lipinski definition) is 5. The Labute approximate surface area is 117 Å². The Hall–Kier alpha value is -1.80. The molecule has 0 saturated heterocycles. The largest absolute Gasteiger partial charge is 0.476 e. The number of rotatable bonds is 6. The highest BCUT2D eigenvalue weighted by molar-refractivity contribution is 7.18. The van der Waals surface area contributed by atoms with E-state index in [9.17, 15) is 0 Å². The number of nitrogens with zero attached hydrogens (tertiary/aromatic N) is 2. The first-order valence-electron chi connectivity index (χ1n) is 6.33. The molecule has 0 aliphatic rings. The second kappa shape index (κ2) is 6.39. The van der Waals surface area contributed by atoms with Crippen LogP contribution in [-0.4, -0.2) is 23.1 Å². The molecule has 2 heterocycles. The summed E-state index contributed by atoms with van der Waals surface area (Å²) in [5, 5.41) is 4.15. The summed E-state index contributed by atoms with van der Waals surface area (Å²) in [7, 11) is 0. The summed E-state index contributed by atoms with van der Waals surface area (Å²) in [6, 6.07) is 2.05. The molecule has 5 heteroatoms. The number of terminal acetylenes is 1. The molecule has 0 aliphatic carbocycles. The third-order valence-corrected chi connectivity index (χ3v) is 3.44. The Kier molecular flexibility index (Phi) is 4.58. The Balaban J connectivity index is 2.31. The van der Waals surface area contributed by atoms with Gasteiger partial charge in [0.1, 0.15) is 11.4 Å². The van der Waals surface area contributed by atoms with Gasteiger partial charge in [0.2, 0.25) is 11.8 Å². The molecular formula is C14H17N3OS. The number of aryl methyl sites for hydroxylation is 1. The number of thiophene rings is 1. The van der Waals surface area contributed by atoms with Crippen molar-refractivity contribution in [3.8, 4) is 18.2 Å². The lowest BCUT2D eigenvalue weighted by molar-refractivity contribution is 0.319. The van der Waals surface area contributed by atoms with Crippen molar-refractivity contribution < 1.29 is 4.74 Å². The van der Waals surface area contributed by atoms with Crippen LogP contribution in [0.3, 0.4) is 0 Å². The number of anilines is 1. The number of ether oxygens (including phenoxy) is 1. The number of aromatic nitrogens is 2. The van der Waals surface area contributed by atoms with E-state index >= 15 is 0 Å². The van der Waals surface area contributed by atoms with Crippen molar-refractivity contribution in [2.24, 2.45) is 0 Å². The van der Waals surface area contributed by atoms with E-state index in [-0.39, 0.29) is 0 Å². The number of hydrogen-bond donors (Lipinski definition) is 1. The van der Waals surface area contributed by atoms with Gasteiger partial charge in [-0.05, 0) is 19.4 Å². The highest BCUT2D eigenvalue weighted by atomic mass is 32.1. The summed E-state index contributed by atoms with van der Waals surface area (Å²) >= 11 is 1.64. The molecule has 0 atom stereocenters. The van der Waals surface area contributed by atoms with E-state index in [4.69, 9.17) is 11.2 Å². The van der Waals surface area contributed by atoms with Gasteiger partial charge >= 0.3 is 0 Å². The SMILES string of the molecule is C#CCCOc1nc(NCCC)nc2sc(C)cc12. The van der Waals surface area contributed by atoms with Crippen LogP contribution < -0.4 is 10.1 Å². The van der Waals surface area contributed by atoms with Crippen molar-refractivity contribution >= 4 is 27.5 Å². The fraction of sp³-hybridized carbons (Fsp3) is 0.429. The van der Waals surface area contributed by atoms with Gasteiger partial charge in [-0.3, -0.25) is 0 Å². The van der Waals surface area contributed by atoms with E-state index in [0.717, 1.165) is 23.2 Å². The molecule has 0 aromatic carbocycles. The highest BCUT2D eigenvalue weighted by Gasteiger charge is 2.11. The van der Waals surface area contributed by atoms with Crippen LogP contribution in [0, 0.1) is 19.3 Å². The third kappa shape index (κ3) is 3.36. The molecule has 0 amide bonds. The standard InChI is InChI=1S/C14H17N3OS/c1-4-6-8-18-12-11-9-10(3)19-13(11)17-14(16-12)15-7-5-2/h1,9H,5-8H2,2-3H3,(H,15,16,17). The van der Waals surface area contributed by atoms with Gasteiger partial charge in [0.15, 0.2) is 0 Å². The second-order valence-electron chi connectivity index (χ2n) is 4.16. The van der Waals surface area contributed by atoms with Crippen molar-refractivity contribution in [3.63, 3.8) is 0 Å². The van der Waals surface area contributed by atoms with Crippen LogP contribution in [-0.2, 0) is 0 Å². The molecule has 0 spiro atoms. The van der Waals surface area contributed by atoms with Crippen molar-refractivity contribution in [3.05, 3.63) is 10.9 Å². The number of fused-ring (bicyclic) bond motifs is 1. The predicted octanol–water partition coefficient (Wildman–Crippen LogP) is 3.22. The molecular weight excluding hydrogens is 258 g/mol. The fourth-order valence-corrected chi connectivity index (χ4v) is 2.52. The molecule has 19 heavy (non-hydrogen) atoms. The Morgan fingerprint density at radius 3 is 3.05 bits per heavy atom. The van der Waals surface area contributed by atoms with Gasteiger partial charge in [0.05, 0.1) is 5.39 Å². The normalized spacial score (nSPS) is 10.4. The molecule has 2 aromatic heterocycles. The zero-order valence-corrected chi connectivity index (χ0v) is 12.0. The summed E-state index contributed by atoms with van der Waals surface area (Å²) in [4.78, 5) is 11.1. The average Bonchev–Trinajstić information content (AvgIpc) is 2.77. The molecule has 0 saturated carbocycles. The van der Waals surface area contributed by atoms with Crippen LogP contribution in [0.1, 0.15) is 24.6 Å². The summed E-state index contributed by atoms with van der Waals surface area (Å²) in [5.41, 5.74) is 0. The Morgan fingerprint density at radius 1 is 1.47 bits per heavy atom. The van der Waals surface area contributed by atoms with Crippen LogP contribution >= 0.6 is 11.3 Å². The van der Waals surface area contributed by atoms with Crippen molar-refractivity contribution in [1.82, 2.24) is 9.97 Å². The van der Waals surface area contributed by atoms with Gasteiger partial charge in [-0.15, -0.1) is 23.7 Å². The molecule has 0 fully saturated rings. The molecule has 4 nitrogen and oxygen atoms in total. The van der Waals surface area contributed by atoms with Gasteiger partial charge in [0, 0.05) is 17.8 Å². The molecule has 2 aromatic rings. The van der Waals surface area contributed by atoms with Gasteiger partial charge in [-0.25, -0.2) is 4.98 Å². The predicted molar refractivity (Wildman–Crippen MR) is 79.9 cm³/mol. The minimum absolute atomic E-state index is 0.477. The highest BCUT2D eigenvalue weighted by Crippen LogP contribution is 2.31. The lowest BCUT2D eigenvalue weighted by Gasteiger charge is -2.08. The quantitative estimate of drug-likeness (QED) is 0.649. The monoisotopic (exact) mass is 275 g/mol. The summed E-state index contributed by atoms with van der Waals surface area (Å²) in [6.07, 6.45) is 6.83. The van der Waals surface area contributed by atoms with Gasteiger partial charge < -0.3 is 10.1 Å². The fourth-order valence-electron chi connectivity index (χ4n) is 1.65. The third-order valence-electron chi connectivity index (χ3n) is 2.50. The topological polar surface area (TPSA) is 47.0 Å². The van der Waals surface area contributed by atoms with E-state index in [1.54, 1.807) is 11.3 Å².